The fourth-order valence-corrected chi connectivity index (χ4v) is 2.83. The monoisotopic (exact) mass is 301 g/mol. The number of anilines is 1. The van der Waals surface area contributed by atoms with Gasteiger partial charge in [-0.15, -0.1) is 0 Å². The van der Waals surface area contributed by atoms with Gasteiger partial charge in [0, 0.05) is 37.1 Å². The summed E-state index contributed by atoms with van der Waals surface area (Å²) in [7, 11) is 0. The summed E-state index contributed by atoms with van der Waals surface area (Å²) in [6.45, 7) is 5.49. The Kier molecular flexibility index (Phi) is 3.85. The highest BCUT2D eigenvalue weighted by atomic mass is 16.4. The molecule has 0 unspecified atom stereocenters. The van der Waals surface area contributed by atoms with Gasteiger partial charge in [-0.05, 0) is 24.6 Å². The summed E-state index contributed by atoms with van der Waals surface area (Å²) >= 11 is 0. The zero-order valence-electron chi connectivity index (χ0n) is 12.5. The van der Waals surface area contributed by atoms with Crippen LogP contribution >= 0.6 is 0 Å². The Labute approximate surface area is 127 Å². The third-order valence-corrected chi connectivity index (χ3v) is 3.99. The molecule has 2 heterocycles. The second-order valence-corrected chi connectivity index (χ2v) is 5.58. The largest absolute Gasteiger partial charge is 0.420 e. The van der Waals surface area contributed by atoms with E-state index in [4.69, 9.17) is 10.2 Å². The van der Waals surface area contributed by atoms with Crippen molar-refractivity contribution >= 4 is 22.6 Å². The molecule has 1 fully saturated rings. The van der Waals surface area contributed by atoms with E-state index in [0.29, 0.717) is 11.1 Å². The summed E-state index contributed by atoms with van der Waals surface area (Å²) in [6.07, 6.45) is -0.102. The van der Waals surface area contributed by atoms with Crippen molar-refractivity contribution in [3.05, 3.63) is 39.7 Å². The average molecular weight is 301 g/mol. The molecule has 1 aromatic heterocycles. The predicted molar refractivity (Wildman–Crippen MR) is 85.2 cm³/mol. The third kappa shape index (κ3) is 2.69. The lowest BCUT2D eigenvalue weighted by atomic mass is 10.1. The van der Waals surface area contributed by atoms with E-state index in [2.05, 4.69) is 10.2 Å². The average Bonchev–Trinajstić information content (AvgIpc) is 2.49. The topological polar surface area (TPSA) is 88.6 Å². The van der Waals surface area contributed by atoms with Crippen LogP contribution in [-0.2, 0) is 11.2 Å². The van der Waals surface area contributed by atoms with Crippen LogP contribution in [0.15, 0.2) is 27.4 Å². The van der Waals surface area contributed by atoms with E-state index < -0.39 is 11.5 Å². The molecular formula is C16H19N3O3. The smallest absolute Gasteiger partial charge is 0.340 e. The molecule has 116 valence electrons. The van der Waals surface area contributed by atoms with Crippen LogP contribution in [0.3, 0.4) is 0 Å². The number of aryl methyl sites for hydroxylation is 1. The molecule has 1 aliphatic rings. The first-order valence-electron chi connectivity index (χ1n) is 7.36. The minimum Gasteiger partial charge on any atom is -0.420 e. The maximum Gasteiger partial charge on any atom is 0.340 e. The lowest BCUT2D eigenvalue weighted by molar-refractivity contribution is -0.117. The molecule has 1 aromatic carbocycles. The van der Waals surface area contributed by atoms with Crippen LogP contribution in [0.25, 0.3) is 11.0 Å². The number of benzene rings is 1. The van der Waals surface area contributed by atoms with E-state index in [-0.39, 0.29) is 6.42 Å². The Morgan fingerprint density at radius 1 is 1.36 bits per heavy atom. The molecule has 0 saturated carbocycles. The number of piperazine rings is 1. The number of hydrogen-bond acceptors (Lipinski definition) is 5. The van der Waals surface area contributed by atoms with Crippen LogP contribution < -0.4 is 21.6 Å². The number of nitrogens with zero attached hydrogens (tertiary/aromatic N) is 1. The van der Waals surface area contributed by atoms with Crippen molar-refractivity contribution in [3.8, 4) is 0 Å². The van der Waals surface area contributed by atoms with Crippen LogP contribution in [-0.4, -0.2) is 32.1 Å². The van der Waals surface area contributed by atoms with Gasteiger partial charge in [0.25, 0.3) is 0 Å². The van der Waals surface area contributed by atoms with Crippen molar-refractivity contribution in [2.75, 3.05) is 31.1 Å². The van der Waals surface area contributed by atoms with Gasteiger partial charge in [0.15, 0.2) is 5.58 Å². The first-order chi connectivity index (χ1) is 10.6. The molecule has 0 radical (unpaired) electrons. The van der Waals surface area contributed by atoms with Crippen LogP contribution in [0.1, 0.15) is 11.1 Å². The molecule has 1 saturated heterocycles. The molecule has 6 nitrogen and oxygen atoms in total. The minimum atomic E-state index is -0.539. The number of hydrogen-bond donors (Lipinski definition) is 2. The first-order valence-corrected chi connectivity index (χ1v) is 7.36. The molecule has 3 N–H and O–H groups in total. The lowest BCUT2D eigenvalue weighted by Gasteiger charge is -2.29. The zero-order valence-corrected chi connectivity index (χ0v) is 12.5. The number of nitrogens with one attached hydrogen (secondary N) is 1. The number of primary amides is 1. The van der Waals surface area contributed by atoms with Crippen molar-refractivity contribution in [2.24, 2.45) is 5.73 Å². The summed E-state index contributed by atoms with van der Waals surface area (Å²) in [4.78, 5) is 25.4. The number of carbonyl (C=O) groups excluding carboxylic acids is 1. The van der Waals surface area contributed by atoms with Crippen LogP contribution in [0.4, 0.5) is 5.69 Å². The molecule has 0 aliphatic carbocycles. The fraction of sp³-hybridized carbons (Fsp3) is 0.375. The number of nitrogens with two attached hydrogens (primary N) is 1. The highest BCUT2D eigenvalue weighted by Crippen LogP contribution is 2.29. The molecule has 22 heavy (non-hydrogen) atoms. The second kappa shape index (κ2) is 5.81. The van der Waals surface area contributed by atoms with E-state index in [0.717, 1.165) is 42.8 Å². The predicted octanol–water partition coefficient (Wildman–Crippen LogP) is 0.539. The maximum atomic E-state index is 12.1. The summed E-state index contributed by atoms with van der Waals surface area (Å²) in [5, 5.41) is 4.15. The molecule has 6 heteroatoms. The minimum absolute atomic E-state index is 0.102. The highest BCUT2D eigenvalue weighted by molar-refractivity contribution is 5.92. The van der Waals surface area contributed by atoms with Crippen LogP contribution in [0.2, 0.25) is 0 Å². The number of rotatable bonds is 3. The molecule has 0 bridgehead atoms. The van der Waals surface area contributed by atoms with Crippen LogP contribution in [0.5, 0.6) is 0 Å². The van der Waals surface area contributed by atoms with Crippen molar-refractivity contribution in [2.45, 2.75) is 13.3 Å². The lowest BCUT2D eigenvalue weighted by Crippen LogP contribution is -2.43. The molecule has 0 spiro atoms. The normalized spacial score (nSPS) is 15.2. The van der Waals surface area contributed by atoms with Crippen molar-refractivity contribution in [1.29, 1.82) is 0 Å². The van der Waals surface area contributed by atoms with Gasteiger partial charge < -0.3 is 20.4 Å². The van der Waals surface area contributed by atoms with Gasteiger partial charge in [0.1, 0.15) is 0 Å². The van der Waals surface area contributed by atoms with E-state index in [1.165, 1.54) is 0 Å². The first kappa shape index (κ1) is 14.6. The number of amides is 1. The van der Waals surface area contributed by atoms with E-state index in [1.807, 2.05) is 19.1 Å². The quantitative estimate of drug-likeness (QED) is 0.808. The Bertz CT molecular complexity index is 776. The fourth-order valence-electron chi connectivity index (χ4n) is 2.83. The standard InChI is InChI=1S/C16H19N3O3/c1-10-2-3-13(19-6-4-18-5-7-19)15-12(10)8-11(9-14(17)20)16(21)22-15/h2-3,8,18H,4-7,9H2,1H3,(H2,17,20). The van der Waals surface area contributed by atoms with Crippen molar-refractivity contribution < 1.29 is 9.21 Å². The van der Waals surface area contributed by atoms with E-state index in [1.54, 1.807) is 6.07 Å². The number of fused-ring (bicyclic) bond motifs is 1. The van der Waals surface area contributed by atoms with Gasteiger partial charge in [0.2, 0.25) is 5.91 Å². The molecule has 1 amide bonds. The molecule has 3 rings (SSSR count). The number of carbonyl (C=O) groups is 1. The van der Waals surface area contributed by atoms with E-state index in [9.17, 15) is 9.59 Å². The maximum absolute atomic E-state index is 12.1. The molecule has 0 atom stereocenters. The summed E-state index contributed by atoms with van der Waals surface area (Å²) < 4.78 is 5.53. The van der Waals surface area contributed by atoms with Gasteiger partial charge in [-0.1, -0.05) is 6.07 Å². The Morgan fingerprint density at radius 2 is 2.09 bits per heavy atom. The van der Waals surface area contributed by atoms with Gasteiger partial charge in [-0.2, -0.15) is 0 Å². The summed E-state index contributed by atoms with van der Waals surface area (Å²) in [5.41, 5.74) is 7.51. The highest BCUT2D eigenvalue weighted by Gasteiger charge is 2.17. The molecule has 2 aromatic rings. The Hall–Kier alpha value is -2.34. The van der Waals surface area contributed by atoms with Crippen molar-refractivity contribution in [1.82, 2.24) is 5.32 Å². The van der Waals surface area contributed by atoms with Crippen molar-refractivity contribution in [3.63, 3.8) is 0 Å². The van der Waals surface area contributed by atoms with E-state index >= 15 is 0 Å². The second-order valence-electron chi connectivity index (χ2n) is 5.58. The van der Waals surface area contributed by atoms with Crippen LogP contribution in [0, 0.1) is 6.92 Å². The SMILES string of the molecule is Cc1ccc(N2CCNCC2)c2oc(=O)c(CC(N)=O)cc12. The molecule has 1 aliphatic heterocycles. The Morgan fingerprint density at radius 3 is 2.77 bits per heavy atom. The molecular weight excluding hydrogens is 282 g/mol. The van der Waals surface area contributed by atoms with Gasteiger partial charge in [-0.3, -0.25) is 4.79 Å². The zero-order chi connectivity index (χ0) is 15.7. The Balaban J connectivity index is 2.15. The summed E-state index contributed by atoms with van der Waals surface area (Å²) in [6, 6.07) is 5.72. The van der Waals surface area contributed by atoms with Gasteiger partial charge in [-0.25, -0.2) is 4.79 Å². The summed E-state index contributed by atoms with van der Waals surface area (Å²) in [5.74, 6) is -0.539. The van der Waals surface area contributed by atoms with Gasteiger partial charge in [0.05, 0.1) is 12.1 Å². The van der Waals surface area contributed by atoms with Gasteiger partial charge >= 0.3 is 5.63 Å². The third-order valence-electron chi connectivity index (χ3n) is 3.99.